The van der Waals surface area contributed by atoms with Crippen LogP contribution in [0.2, 0.25) is 15.1 Å². The number of ketones is 1. The fourth-order valence-corrected chi connectivity index (χ4v) is 4.79. The molecule has 1 aromatic heterocycles. The first-order chi connectivity index (χ1) is 16.3. The SMILES string of the molecule is C=CCCCCCC(=O)c1csc(N(C(=O)c2ccc(Cl)cc2Cl)c2ccc(Cl)c(OC)c2)n1. The molecule has 178 valence electrons. The fourth-order valence-electron chi connectivity index (χ4n) is 3.26. The number of aromatic nitrogens is 1. The van der Waals surface area contributed by atoms with E-state index in [2.05, 4.69) is 11.6 Å². The summed E-state index contributed by atoms with van der Waals surface area (Å²) in [4.78, 5) is 32.2. The number of hydrogen-bond acceptors (Lipinski definition) is 5. The van der Waals surface area contributed by atoms with Crippen LogP contribution in [-0.2, 0) is 0 Å². The molecule has 0 spiro atoms. The van der Waals surface area contributed by atoms with Crippen LogP contribution in [-0.4, -0.2) is 23.8 Å². The predicted octanol–water partition coefficient (Wildman–Crippen LogP) is 8.41. The monoisotopic (exact) mass is 536 g/mol. The van der Waals surface area contributed by atoms with Gasteiger partial charge in [-0.15, -0.1) is 17.9 Å². The minimum atomic E-state index is -0.427. The minimum absolute atomic E-state index is 0.0632. The van der Waals surface area contributed by atoms with E-state index in [4.69, 9.17) is 39.5 Å². The number of methoxy groups -OCH3 is 1. The Bertz CT molecular complexity index is 1200. The molecule has 0 radical (unpaired) electrons. The zero-order valence-corrected chi connectivity index (χ0v) is 21.6. The number of unbranched alkanes of at least 4 members (excludes halogenated alkanes) is 3. The van der Waals surface area contributed by atoms with Crippen molar-refractivity contribution in [1.82, 2.24) is 4.98 Å². The summed E-state index contributed by atoms with van der Waals surface area (Å²) < 4.78 is 5.32. The van der Waals surface area contributed by atoms with Crippen molar-refractivity contribution < 1.29 is 14.3 Å². The molecule has 0 aliphatic rings. The lowest BCUT2D eigenvalue weighted by molar-refractivity contribution is 0.0970. The molecule has 1 amide bonds. The fraction of sp³-hybridized carbons (Fsp3) is 0.240. The van der Waals surface area contributed by atoms with Crippen LogP contribution in [0.5, 0.6) is 5.75 Å². The van der Waals surface area contributed by atoms with Crippen LogP contribution in [0.25, 0.3) is 0 Å². The van der Waals surface area contributed by atoms with Gasteiger partial charge in [-0.2, -0.15) is 0 Å². The summed E-state index contributed by atoms with van der Waals surface area (Å²) in [5, 5.41) is 3.01. The maximum atomic E-state index is 13.6. The van der Waals surface area contributed by atoms with E-state index in [1.165, 1.54) is 29.4 Å². The topological polar surface area (TPSA) is 59.5 Å². The molecular formula is C25H23Cl3N2O3S. The molecule has 0 atom stereocenters. The standard InChI is InChI=1S/C25H23Cl3N2O3S/c1-3-4-5-6-7-8-22(31)21-15-34-25(29-21)30(17-10-12-19(27)23(14-17)33-2)24(32)18-11-9-16(26)13-20(18)28/h3,9-15H,1,4-8H2,2H3. The van der Waals surface area contributed by atoms with Gasteiger partial charge in [0.05, 0.1) is 28.4 Å². The van der Waals surface area contributed by atoms with Gasteiger partial charge in [0, 0.05) is 22.9 Å². The van der Waals surface area contributed by atoms with Crippen LogP contribution >= 0.6 is 46.1 Å². The number of rotatable bonds is 11. The molecule has 0 saturated heterocycles. The second-order valence-corrected chi connectivity index (χ2v) is 9.50. The minimum Gasteiger partial charge on any atom is -0.495 e. The summed E-state index contributed by atoms with van der Waals surface area (Å²) in [6, 6.07) is 9.57. The molecule has 0 unspecified atom stereocenters. The van der Waals surface area contributed by atoms with Crippen molar-refractivity contribution in [1.29, 1.82) is 0 Å². The van der Waals surface area contributed by atoms with E-state index in [9.17, 15) is 9.59 Å². The van der Waals surface area contributed by atoms with Crippen LogP contribution in [0.4, 0.5) is 10.8 Å². The Morgan fingerprint density at radius 1 is 1.09 bits per heavy atom. The van der Waals surface area contributed by atoms with Crippen LogP contribution in [0.15, 0.2) is 54.4 Å². The van der Waals surface area contributed by atoms with Crippen molar-refractivity contribution in [3.8, 4) is 5.75 Å². The highest BCUT2D eigenvalue weighted by Gasteiger charge is 2.26. The van der Waals surface area contributed by atoms with Crippen molar-refractivity contribution >= 4 is 68.6 Å². The van der Waals surface area contributed by atoms with Gasteiger partial charge in [0.15, 0.2) is 10.9 Å². The molecule has 3 rings (SSSR count). The first-order valence-corrected chi connectivity index (χ1v) is 12.6. The number of ether oxygens (including phenoxy) is 1. The zero-order chi connectivity index (χ0) is 24.7. The third-order valence-electron chi connectivity index (χ3n) is 5.04. The van der Waals surface area contributed by atoms with Crippen LogP contribution < -0.4 is 9.64 Å². The summed E-state index contributed by atoms with van der Waals surface area (Å²) in [6.45, 7) is 3.71. The van der Waals surface area contributed by atoms with Gasteiger partial charge in [0.25, 0.3) is 5.91 Å². The van der Waals surface area contributed by atoms with Crippen LogP contribution in [0.3, 0.4) is 0 Å². The lowest BCUT2D eigenvalue weighted by atomic mass is 10.1. The number of nitrogens with zero attached hydrogens (tertiary/aromatic N) is 2. The lowest BCUT2D eigenvalue weighted by Crippen LogP contribution is -2.26. The molecule has 5 nitrogen and oxygen atoms in total. The van der Waals surface area contributed by atoms with Gasteiger partial charge in [0.2, 0.25) is 0 Å². The second kappa shape index (κ2) is 12.4. The van der Waals surface area contributed by atoms with E-state index in [0.717, 1.165) is 25.7 Å². The van der Waals surface area contributed by atoms with Crippen LogP contribution in [0, 0.1) is 0 Å². The Morgan fingerprint density at radius 2 is 1.88 bits per heavy atom. The largest absolute Gasteiger partial charge is 0.495 e. The predicted molar refractivity (Wildman–Crippen MR) is 141 cm³/mol. The number of thiazole rings is 1. The average molecular weight is 538 g/mol. The van der Waals surface area contributed by atoms with E-state index < -0.39 is 5.91 Å². The Kier molecular flexibility index (Phi) is 9.54. The second-order valence-electron chi connectivity index (χ2n) is 7.41. The van der Waals surface area contributed by atoms with Gasteiger partial charge in [-0.3, -0.25) is 14.5 Å². The van der Waals surface area contributed by atoms with Gasteiger partial charge in [-0.1, -0.05) is 47.3 Å². The molecule has 0 saturated carbocycles. The first kappa shape index (κ1) is 26.2. The van der Waals surface area contributed by atoms with Gasteiger partial charge in [-0.25, -0.2) is 4.98 Å². The third-order valence-corrected chi connectivity index (χ3v) is 6.72. The van der Waals surface area contributed by atoms with E-state index in [1.807, 2.05) is 6.08 Å². The Balaban J connectivity index is 1.94. The number of amides is 1. The third kappa shape index (κ3) is 6.39. The molecule has 0 N–H and O–H groups in total. The highest BCUT2D eigenvalue weighted by atomic mass is 35.5. The Morgan fingerprint density at radius 3 is 2.59 bits per heavy atom. The molecule has 34 heavy (non-hydrogen) atoms. The lowest BCUT2D eigenvalue weighted by Gasteiger charge is -2.21. The molecule has 0 aliphatic heterocycles. The van der Waals surface area contributed by atoms with Crippen molar-refractivity contribution in [3.05, 3.63) is 80.8 Å². The van der Waals surface area contributed by atoms with Gasteiger partial charge in [0.1, 0.15) is 11.4 Å². The molecule has 3 aromatic rings. The smallest absolute Gasteiger partial charge is 0.266 e. The summed E-state index contributed by atoms with van der Waals surface area (Å²) in [6.07, 6.45) is 5.92. The molecule has 0 fully saturated rings. The van der Waals surface area contributed by atoms with Gasteiger partial charge in [-0.05, 0) is 49.6 Å². The Labute approximate surface area is 217 Å². The van der Waals surface area contributed by atoms with Crippen molar-refractivity contribution in [2.24, 2.45) is 0 Å². The number of benzene rings is 2. The molecule has 0 bridgehead atoms. The summed E-state index contributed by atoms with van der Waals surface area (Å²) in [5.74, 6) is -0.0953. The van der Waals surface area contributed by atoms with Crippen LogP contribution in [0.1, 0.15) is 53.0 Å². The summed E-state index contributed by atoms with van der Waals surface area (Å²) in [5.41, 5.74) is 1.03. The Hall–Kier alpha value is -2.38. The first-order valence-electron chi connectivity index (χ1n) is 10.6. The zero-order valence-electron chi connectivity index (χ0n) is 18.5. The van der Waals surface area contributed by atoms with E-state index in [1.54, 1.807) is 35.7 Å². The quantitative estimate of drug-likeness (QED) is 0.140. The number of carbonyl (C=O) groups is 2. The van der Waals surface area contributed by atoms with Crippen molar-refractivity contribution in [2.75, 3.05) is 12.0 Å². The highest BCUT2D eigenvalue weighted by Crippen LogP contribution is 2.36. The summed E-state index contributed by atoms with van der Waals surface area (Å²) in [7, 11) is 1.49. The maximum Gasteiger partial charge on any atom is 0.266 e. The van der Waals surface area contributed by atoms with Crippen molar-refractivity contribution in [3.63, 3.8) is 0 Å². The van der Waals surface area contributed by atoms with E-state index in [-0.39, 0.29) is 16.4 Å². The molecule has 0 aliphatic carbocycles. The molecule has 1 heterocycles. The summed E-state index contributed by atoms with van der Waals surface area (Å²) >= 11 is 19.7. The molecule has 9 heteroatoms. The van der Waals surface area contributed by atoms with Gasteiger partial charge >= 0.3 is 0 Å². The molecular weight excluding hydrogens is 515 g/mol. The number of halogens is 3. The highest BCUT2D eigenvalue weighted by molar-refractivity contribution is 7.14. The van der Waals surface area contributed by atoms with E-state index in [0.29, 0.717) is 38.7 Å². The number of anilines is 2. The molecule has 2 aromatic carbocycles. The number of Topliss-reactive ketones (excluding diaryl/α,β-unsaturated/α-hetero) is 1. The number of allylic oxidation sites excluding steroid dienone is 1. The van der Waals surface area contributed by atoms with Crippen molar-refractivity contribution in [2.45, 2.75) is 32.1 Å². The normalized spacial score (nSPS) is 10.7. The van der Waals surface area contributed by atoms with Gasteiger partial charge < -0.3 is 4.74 Å². The average Bonchev–Trinajstić information content (AvgIpc) is 3.29. The maximum absolute atomic E-state index is 13.6. The number of hydrogen-bond donors (Lipinski definition) is 0. The van der Waals surface area contributed by atoms with E-state index >= 15 is 0 Å². The number of carbonyl (C=O) groups excluding carboxylic acids is 2.